The fourth-order valence-corrected chi connectivity index (χ4v) is 4.23. The predicted molar refractivity (Wildman–Crippen MR) is 93.7 cm³/mol. The Hall–Kier alpha value is -1.56. The number of nitrogens with zero attached hydrogens (tertiary/aromatic N) is 3. The van der Waals surface area contributed by atoms with Gasteiger partial charge in [0, 0.05) is 37.3 Å². The van der Waals surface area contributed by atoms with Gasteiger partial charge < -0.3 is 9.64 Å². The second-order valence-corrected chi connectivity index (χ2v) is 6.94. The van der Waals surface area contributed by atoms with Crippen LogP contribution in [0.15, 0.2) is 52.4 Å². The minimum Gasteiger partial charge on any atom is -0.379 e. The molecule has 0 spiro atoms. The Morgan fingerprint density at radius 2 is 1.83 bits per heavy atom. The summed E-state index contributed by atoms with van der Waals surface area (Å²) < 4.78 is 5.42. The second kappa shape index (κ2) is 6.91. The number of hydrogen-bond donors (Lipinski definition) is 0. The van der Waals surface area contributed by atoms with Crippen LogP contribution in [-0.2, 0) is 4.74 Å². The molecule has 4 nitrogen and oxygen atoms in total. The van der Waals surface area contributed by atoms with Crippen molar-refractivity contribution in [1.82, 2.24) is 9.88 Å². The van der Waals surface area contributed by atoms with E-state index in [2.05, 4.69) is 45.1 Å². The van der Waals surface area contributed by atoms with Gasteiger partial charge in [0.1, 0.15) is 5.82 Å². The summed E-state index contributed by atoms with van der Waals surface area (Å²) in [6, 6.07) is 12.8. The first kappa shape index (κ1) is 15.0. The van der Waals surface area contributed by atoms with Crippen LogP contribution in [0.5, 0.6) is 0 Å². The van der Waals surface area contributed by atoms with Gasteiger partial charge >= 0.3 is 0 Å². The molecule has 1 saturated heterocycles. The first-order valence-electron chi connectivity index (χ1n) is 8.21. The number of fused-ring (bicyclic) bond motifs is 2. The molecule has 3 heterocycles. The minimum atomic E-state index is 0.869. The molecule has 5 heteroatoms. The maximum absolute atomic E-state index is 5.42. The Labute approximate surface area is 141 Å². The van der Waals surface area contributed by atoms with E-state index in [1.165, 1.54) is 15.5 Å². The molecule has 0 N–H and O–H groups in total. The first-order chi connectivity index (χ1) is 11.4. The van der Waals surface area contributed by atoms with E-state index >= 15 is 0 Å². The predicted octanol–water partition coefficient (Wildman–Crippen LogP) is 3.41. The lowest BCUT2D eigenvalue weighted by atomic mass is 10.2. The first-order valence-corrected chi connectivity index (χ1v) is 9.03. The van der Waals surface area contributed by atoms with Gasteiger partial charge in [0.25, 0.3) is 0 Å². The Morgan fingerprint density at radius 1 is 1.00 bits per heavy atom. The van der Waals surface area contributed by atoms with Crippen molar-refractivity contribution >= 4 is 23.3 Å². The van der Waals surface area contributed by atoms with E-state index in [0.29, 0.717) is 0 Å². The molecule has 0 amide bonds. The summed E-state index contributed by atoms with van der Waals surface area (Å²) in [6.45, 7) is 5.97. The fraction of sp³-hybridized carbons (Fsp3) is 0.389. The van der Waals surface area contributed by atoms with Crippen molar-refractivity contribution < 1.29 is 4.74 Å². The van der Waals surface area contributed by atoms with Crippen molar-refractivity contribution in [2.75, 3.05) is 44.3 Å². The van der Waals surface area contributed by atoms with Crippen LogP contribution in [-0.4, -0.2) is 49.3 Å². The van der Waals surface area contributed by atoms with E-state index in [0.717, 1.165) is 51.6 Å². The lowest BCUT2D eigenvalue weighted by Gasteiger charge is -2.32. The van der Waals surface area contributed by atoms with Gasteiger partial charge in [0.2, 0.25) is 0 Å². The van der Waals surface area contributed by atoms with Crippen LogP contribution in [0.1, 0.15) is 6.42 Å². The highest BCUT2D eigenvalue weighted by Gasteiger charge is 2.23. The molecule has 1 aromatic heterocycles. The largest absolute Gasteiger partial charge is 0.379 e. The second-order valence-electron chi connectivity index (χ2n) is 5.85. The average molecular weight is 327 g/mol. The SMILES string of the molecule is c1ccc2c(c1)Sc1cccnc1N2CCCN1CCOCC1. The van der Waals surface area contributed by atoms with Gasteiger partial charge in [-0.15, -0.1) is 0 Å². The van der Waals surface area contributed by atoms with Crippen LogP contribution in [0, 0.1) is 0 Å². The molecule has 2 aromatic rings. The molecule has 2 aliphatic heterocycles. The van der Waals surface area contributed by atoms with E-state index in [9.17, 15) is 0 Å². The smallest absolute Gasteiger partial charge is 0.147 e. The van der Waals surface area contributed by atoms with Crippen LogP contribution >= 0.6 is 11.8 Å². The van der Waals surface area contributed by atoms with Gasteiger partial charge in [-0.1, -0.05) is 23.9 Å². The third-order valence-electron chi connectivity index (χ3n) is 4.34. The lowest BCUT2D eigenvalue weighted by Crippen LogP contribution is -2.38. The third-order valence-corrected chi connectivity index (χ3v) is 5.45. The Morgan fingerprint density at radius 3 is 2.74 bits per heavy atom. The van der Waals surface area contributed by atoms with Crippen LogP contribution in [0.3, 0.4) is 0 Å². The number of pyridine rings is 1. The maximum Gasteiger partial charge on any atom is 0.147 e. The molecule has 23 heavy (non-hydrogen) atoms. The zero-order valence-corrected chi connectivity index (χ0v) is 14.0. The highest BCUT2D eigenvalue weighted by Crippen LogP contribution is 2.46. The monoisotopic (exact) mass is 327 g/mol. The zero-order chi connectivity index (χ0) is 15.5. The van der Waals surface area contributed by atoms with Gasteiger partial charge in [0.15, 0.2) is 0 Å². The van der Waals surface area contributed by atoms with E-state index in [4.69, 9.17) is 4.74 Å². The molecular weight excluding hydrogens is 306 g/mol. The molecule has 0 atom stereocenters. The minimum absolute atomic E-state index is 0.869. The molecule has 0 aliphatic carbocycles. The molecule has 2 aliphatic rings. The maximum atomic E-state index is 5.42. The summed E-state index contributed by atoms with van der Waals surface area (Å²) in [5.41, 5.74) is 1.28. The van der Waals surface area contributed by atoms with Crippen molar-refractivity contribution in [3.8, 4) is 0 Å². The molecule has 120 valence electrons. The molecule has 0 radical (unpaired) electrons. The van der Waals surface area contributed by atoms with Crippen molar-refractivity contribution in [3.05, 3.63) is 42.6 Å². The Balaban J connectivity index is 1.50. The topological polar surface area (TPSA) is 28.6 Å². The number of para-hydroxylation sites is 1. The zero-order valence-electron chi connectivity index (χ0n) is 13.1. The number of ether oxygens (including phenoxy) is 1. The molecule has 0 bridgehead atoms. The number of morpholine rings is 1. The summed E-state index contributed by atoms with van der Waals surface area (Å²) in [5, 5.41) is 0. The average Bonchev–Trinajstić information content (AvgIpc) is 2.62. The summed E-state index contributed by atoms with van der Waals surface area (Å²) in [6.07, 6.45) is 3.03. The normalized spacial score (nSPS) is 17.7. The fourth-order valence-electron chi connectivity index (χ4n) is 3.17. The summed E-state index contributed by atoms with van der Waals surface area (Å²) in [4.78, 5) is 12.1. The number of anilines is 2. The number of rotatable bonds is 4. The molecule has 0 saturated carbocycles. The van der Waals surface area contributed by atoms with Gasteiger partial charge in [-0.3, -0.25) is 4.90 Å². The molecule has 1 aromatic carbocycles. The van der Waals surface area contributed by atoms with Crippen molar-refractivity contribution in [3.63, 3.8) is 0 Å². The quantitative estimate of drug-likeness (QED) is 0.858. The Bertz CT molecular complexity index is 627. The number of aromatic nitrogens is 1. The third kappa shape index (κ3) is 3.22. The van der Waals surface area contributed by atoms with Gasteiger partial charge in [0.05, 0.1) is 23.8 Å². The Kier molecular flexibility index (Phi) is 4.50. The van der Waals surface area contributed by atoms with Crippen LogP contribution < -0.4 is 4.90 Å². The van der Waals surface area contributed by atoms with Crippen LogP contribution in [0.2, 0.25) is 0 Å². The highest BCUT2D eigenvalue weighted by molar-refractivity contribution is 7.99. The summed E-state index contributed by atoms with van der Waals surface area (Å²) in [5.74, 6) is 1.10. The lowest BCUT2D eigenvalue weighted by molar-refractivity contribution is 0.0377. The van der Waals surface area contributed by atoms with Crippen LogP contribution in [0.25, 0.3) is 0 Å². The van der Waals surface area contributed by atoms with Crippen molar-refractivity contribution in [2.24, 2.45) is 0 Å². The van der Waals surface area contributed by atoms with E-state index in [1.807, 2.05) is 24.0 Å². The summed E-state index contributed by atoms with van der Waals surface area (Å²) >= 11 is 1.82. The van der Waals surface area contributed by atoms with E-state index < -0.39 is 0 Å². The van der Waals surface area contributed by atoms with Crippen LogP contribution in [0.4, 0.5) is 11.5 Å². The number of benzene rings is 1. The molecular formula is C18H21N3OS. The molecule has 1 fully saturated rings. The van der Waals surface area contributed by atoms with Gasteiger partial charge in [-0.25, -0.2) is 4.98 Å². The van der Waals surface area contributed by atoms with E-state index in [1.54, 1.807) is 0 Å². The number of hydrogen-bond acceptors (Lipinski definition) is 5. The van der Waals surface area contributed by atoms with Gasteiger partial charge in [-0.05, 0) is 30.7 Å². The van der Waals surface area contributed by atoms with E-state index in [-0.39, 0.29) is 0 Å². The summed E-state index contributed by atoms with van der Waals surface area (Å²) in [7, 11) is 0. The standard InChI is InChI=1S/C18H21N3OS/c1-2-6-16-15(5-1)21(18-17(23-16)7-3-8-19-18)10-4-9-20-11-13-22-14-12-20/h1-3,5-8H,4,9-14H2. The highest BCUT2D eigenvalue weighted by atomic mass is 32.2. The molecule has 4 rings (SSSR count). The molecule has 0 unspecified atom stereocenters. The van der Waals surface area contributed by atoms with Gasteiger partial charge in [-0.2, -0.15) is 0 Å². The van der Waals surface area contributed by atoms with Crippen molar-refractivity contribution in [2.45, 2.75) is 16.2 Å². The van der Waals surface area contributed by atoms with Crippen molar-refractivity contribution in [1.29, 1.82) is 0 Å².